The average molecular weight is 692 g/mol. The number of aromatic nitrogens is 2. The van der Waals surface area contributed by atoms with E-state index in [1.807, 2.05) is 55.5 Å². The lowest BCUT2D eigenvalue weighted by molar-refractivity contribution is 0.269. The van der Waals surface area contributed by atoms with Crippen LogP contribution in [0.5, 0.6) is 11.5 Å². The number of nitrogens with zero attached hydrogens (tertiary/aromatic N) is 3. The minimum atomic E-state index is -0.204. The Bertz CT molecular complexity index is 1480. The molecule has 0 fully saturated rings. The van der Waals surface area contributed by atoms with Gasteiger partial charge < -0.3 is 9.47 Å². The summed E-state index contributed by atoms with van der Waals surface area (Å²) in [6.45, 7) is 4.92. The van der Waals surface area contributed by atoms with Crippen LogP contribution < -0.4 is 15.0 Å². The number of halogens is 3. The minimum absolute atomic E-state index is 0.204. The topological polar surface area (TPSA) is 65.7 Å². The van der Waals surface area contributed by atoms with E-state index in [-0.39, 0.29) is 5.56 Å². The van der Waals surface area contributed by atoms with Crippen molar-refractivity contribution >= 4 is 64.9 Å². The summed E-state index contributed by atoms with van der Waals surface area (Å²) in [5, 5.41) is 5.08. The van der Waals surface area contributed by atoms with Crippen molar-refractivity contribution in [3.05, 3.63) is 95.3 Å². The summed E-state index contributed by atoms with van der Waals surface area (Å²) in [7, 11) is 0. The molecule has 192 valence electrons. The Morgan fingerprint density at radius 2 is 1.68 bits per heavy atom. The molecule has 4 aromatic rings. The fraction of sp³-hybridized carbons (Fsp3) is 0.250. The Hall–Kier alpha value is -2.49. The van der Waals surface area contributed by atoms with Crippen LogP contribution in [0.2, 0.25) is 0 Å². The average Bonchev–Trinajstić information content (AvgIpc) is 2.89. The number of hydrogen-bond donors (Lipinski definition) is 0. The van der Waals surface area contributed by atoms with Crippen molar-refractivity contribution in [2.24, 2.45) is 5.10 Å². The summed E-state index contributed by atoms with van der Waals surface area (Å²) in [5.74, 6) is 1.85. The predicted octanol–water partition coefficient (Wildman–Crippen LogP) is 7.89. The summed E-state index contributed by atoms with van der Waals surface area (Å²) in [6.07, 6.45) is 4.20. The number of hydrogen-bond acceptors (Lipinski definition) is 5. The van der Waals surface area contributed by atoms with E-state index < -0.39 is 0 Å². The summed E-state index contributed by atoms with van der Waals surface area (Å²) in [6, 6.07) is 17.2. The SMILES string of the molecule is CCCCc1nc2ccc(Br)cc2c(=O)n1N=Cc1cc(OCC)c(OCc2ccc(Br)cc2)cc1Br. The first-order chi connectivity index (χ1) is 17.9. The Balaban J connectivity index is 1.68. The molecule has 0 amide bonds. The zero-order chi connectivity index (χ0) is 26.4. The van der Waals surface area contributed by atoms with Crippen LogP contribution in [0.1, 0.15) is 43.6 Å². The molecular formula is C28H26Br3N3O3. The lowest BCUT2D eigenvalue weighted by Gasteiger charge is -2.14. The van der Waals surface area contributed by atoms with Gasteiger partial charge in [-0.1, -0.05) is 57.3 Å². The van der Waals surface area contributed by atoms with Crippen LogP contribution in [0.25, 0.3) is 10.9 Å². The molecule has 1 heterocycles. The highest BCUT2D eigenvalue weighted by atomic mass is 79.9. The second-order valence-electron chi connectivity index (χ2n) is 8.32. The van der Waals surface area contributed by atoms with Crippen LogP contribution >= 0.6 is 47.8 Å². The number of ether oxygens (including phenoxy) is 2. The molecule has 0 saturated carbocycles. The molecule has 0 unspecified atom stereocenters. The number of unbranched alkanes of at least 4 members (excludes halogenated alkanes) is 1. The van der Waals surface area contributed by atoms with Crippen LogP contribution in [0, 0.1) is 0 Å². The van der Waals surface area contributed by atoms with Gasteiger partial charge in [0.25, 0.3) is 5.56 Å². The maximum atomic E-state index is 13.4. The van der Waals surface area contributed by atoms with E-state index in [1.165, 1.54) is 4.68 Å². The van der Waals surface area contributed by atoms with Gasteiger partial charge in [0.1, 0.15) is 12.4 Å². The van der Waals surface area contributed by atoms with E-state index in [9.17, 15) is 4.79 Å². The van der Waals surface area contributed by atoms with Gasteiger partial charge in [-0.2, -0.15) is 9.78 Å². The summed E-state index contributed by atoms with van der Waals surface area (Å²) in [4.78, 5) is 18.1. The molecule has 0 saturated heterocycles. The van der Waals surface area contributed by atoms with Crippen molar-refractivity contribution in [1.82, 2.24) is 9.66 Å². The molecule has 9 heteroatoms. The van der Waals surface area contributed by atoms with Gasteiger partial charge in [-0.3, -0.25) is 4.79 Å². The van der Waals surface area contributed by atoms with Gasteiger partial charge in [-0.15, -0.1) is 0 Å². The molecule has 0 aliphatic carbocycles. The first kappa shape index (κ1) is 27.5. The van der Waals surface area contributed by atoms with Crippen molar-refractivity contribution in [3.63, 3.8) is 0 Å². The van der Waals surface area contributed by atoms with Crippen LogP contribution in [0.15, 0.2) is 77.9 Å². The van der Waals surface area contributed by atoms with Gasteiger partial charge in [0.2, 0.25) is 0 Å². The van der Waals surface area contributed by atoms with Gasteiger partial charge >= 0.3 is 0 Å². The molecule has 37 heavy (non-hydrogen) atoms. The van der Waals surface area contributed by atoms with Crippen LogP contribution in [0.4, 0.5) is 0 Å². The molecule has 0 aliphatic heterocycles. The molecule has 0 bridgehead atoms. The minimum Gasteiger partial charge on any atom is -0.490 e. The Kier molecular flexibility index (Phi) is 9.56. The summed E-state index contributed by atoms with van der Waals surface area (Å²) >= 11 is 10.5. The van der Waals surface area contributed by atoms with Gasteiger partial charge in [-0.25, -0.2) is 4.98 Å². The second kappa shape index (κ2) is 12.8. The first-order valence-electron chi connectivity index (χ1n) is 12.0. The van der Waals surface area contributed by atoms with Gasteiger partial charge in [0, 0.05) is 25.4 Å². The highest BCUT2D eigenvalue weighted by Crippen LogP contribution is 2.34. The Labute approximate surface area is 241 Å². The molecule has 3 aromatic carbocycles. The molecule has 4 rings (SSSR count). The molecule has 0 aliphatic rings. The van der Waals surface area contributed by atoms with Gasteiger partial charge in [-0.05, 0) is 77.3 Å². The van der Waals surface area contributed by atoms with E-state index >= 15 is 0 Å². The maximum Gasteiger partial charge on any atom is 0.282 e. The lowest BCUT2D eigenvalue weighted by Crippen LogP contribution is -2.22. The number of fused-ring (bicyclic) bond motifs is 1. The first-order valence-corrected chi connectivity index (χ1v) is 14.4. The zero-order valence-corrected chi connectivity index (χ0v) is 25.3. The maximum absolute atomic E-state index is 13.4. The van der Waals surface area contributed by atoms with E-state index in [0.29, 0.717) is 47.9 Å². The molecular weight excluding hydrogens is 666 g/mol. The molecule has 0 spiro atoms. The fourth-order valence-corrected chi connectivity index (χ4v) is 4.75. The highest BCUT2D eigenvalue weighted by Gasteiger charge is 2.13. The third-order valence-corrected chi connectivity index (χ3v) is 7.32. The third-order valence-electron chi connectivity index (χ3n) is 5.61. The van der Waals surface area contributed by atoms with Crippen molar-refractivity contribution in [2.75, 3.05) is 6.61 Å². The number of aryl methyl sites for hydroxylation is 1. The second-order valence-corrected chi connectivity index (χ2v) is 11.0. The van der Waals surface area contributed by atoms with Crippen molar-refractivity contribution in [3.8, 4) is 11.5 Å². The van der Waals surface area contributed by atoms with Crippen molar-refractivity contribution in [1.29, 1.82) is 0 Å². The largest absolute Gasteiger partial charge is 0.490 e. The van der Waals surface area contributed by atoms with E-state index in [0.717, 1.165) is 37.4 Å². The molecule has 0 N–H and O–H groups in total. The molecule has 0 radical (unpaired) electrons. The van der Waals surface area contributed by atoms with Crippen molar-refractivity contribution in [2.45, 2.75) is 39.7 Å². The summed E-state index contributed by atoms with van der Waals surface area (Å²) < 4.78 is 15.9. The predicted molar refractivity (Wildman–Crippen MR) is 159 cm³/mol. The quantitative estimate of drug-likeness (QED) is 0.159. The monoisotopic (exact) mass is 689 g/mol. The van der Waals surface area contributed by atoms with Crippen LogP contribution in [-0.2, 0) is 13.0 Å². The lowest BCUT2D eigenvalue weighted by atomic mass is 10.2. The zero-order valence-electron chi connectivity index (χ0n) is 20.5. The van der Waals surface area contributed by atoms with E-state index in [4.69, 9.17) is 14.5 Å². The normalized spacial score (nSPS) is 11.4. The molecule has 1 aromatic heterocycles. The van der Waals surface area contributed by atoms with Crippen LogP contribution in [-0.4, -0.2) is 22.5 Å². The summed E-state index contributed by atoms with van der Waals surface area (Å²) in [5.41, 5.74) is 2.26. The van der Waals surface area contributed by atoms with Crippen molar-refractivity contribution < 1.29 is 9.47 Å². The van der Waals surface area contributed by atoms with Gasteiger partial charge in [0.15, 0.2) is 11.5 Å². The smallest absolute Gasteiger partial charge is 0.282 e. The standard InChI is InChI=1S/C28H26Br3N3O3/c1-3-5-6-27-33-24-12-11-21(30)14-22(24)28(35)34(27)32-16-19-13-25(36-4-2)26(15-23(19)31)37-17-18-7-9-20(29)10-8-18/h7-16H,3-6,17H2,1-2H3. The molecule has 6 nitrogen and oxygen atoms in total. The fourth-order valence-electron chi connectivity index (χ4n) is 3.70. The van der Waals surface area contributed by atoms with E-state index in [2.05, 4.69) is 59.8 Å². The van der Waals surface area contributed by atoms with Crippen LogP contribution in [0.3, 0.4) is 0 Å². The molecule has 0 atom stereocenters. The number of benzene rings is 3. The van der Waals surface area contributed by atoms with Gasteiger partial charge in [0.05, 0.1) is 23.7 Å². The highest BCUT2D eigenvalue weighted by molar-refractivity contribution is 9.11. The van der Waals surface area contributed by atoms with E-state index in [1.54, 1.807) is 12.3 Å². The Morgan fingerprint density at radius 1 is 0.946 bits per heavy atom. The third kappa shape index (κ3) is 6.89. The number of rotatable bonds is 10. The Morgan fingerprint density at radius 3 is 2.41 bits per heavy atom.